The van der Waals surface area contributed by atoms with Gasteiger partial charge in [0.25, 0.3) is 5.56 Å². The number of rotatable bonds is 5. The molecule has 4 rings (SSSR count). The van der Waals surface area contributed by atoms with E-state index in [4.69, 9.17) is 4.98 Å². The minimum atomic E-state index is -0.0375. The van der Waals surface area contributed by atoms with Gasteiger partial charge in [0.05, 0.1) is 22.3 Å². The molecule has 0 unspecified atom stereocenters. The molecular formula is C21H24N4OS. The van der Waals surface area contributed by atoms with Gasteiger partial charge in [0.15, 0.2) is 0 Å². The maximum atomic E-state index is 12.3. The molecule has 0 amide bonds. The van der Waals surface area contributed by atoms with Crippen molar-refractivity contribution in [3.63, 3.8) is 0 Å². The lowest BCUT2D eigenvalue weighted by Crippen LogP contribution is -2.34. The van der Waals surface area contributed by atoms with Crippen molar-refractivity contribution in [3.05, 3.63) is 70.0 Å². The third-order valence-corrected chi connectivity index (χ3v) is 6.47. The molecule has 3 aromatic rings. The lowest BCUT2D eigenvalue weighted by Gasteiger charge is -2.31. The van der Waals surface area contributed by atoms with Crippen LogP contribution in [-0.4, -0.2) is 38.2 Å². The molecule has 1 aliphatic rings. The van der Waals surface area contributed by atoms with Crippen LogP contribution >= 0.6 is 11.8 Å². The van der Waals surface area contributed by atoms with Gasteiger partial charge in [-0.05, 0) is 56.6 Å². The van der Waals surface area contributed by atoms with Gasteiger partial charge in [0, 0.05) is 18.0 Å². The Morgan fingerprint density at radius 1 is 1.19 bits per heavy atom. The van der Waals surface area contributed by atoms with Gasteiger partial charge < -0.3 is 4.98 Å². The molecule has 6 heteroatoms. The Bertz CT molecular complexity index is 965. The van der Waals surface area contributed by atoms with Crippen LogP contribution < -0.4 is 5.56 Å². The van der Waals surface area contributed by atoms with E-state index in [2.05, 4.69) is 20.9 Å². The van der Waals surface area contributed by atoms with Crippen LogP contribution in [0, 0.1) is 6.92 Å². The summed E-state index contributed by atoms with van der Waals surface area (Å²) < 4.78 is 0. The molecule has 5 nitrogen and oxygen atoms in total. The fourth-order valence-corrected chi connectivity index (χ4v) is 4.65. The molecule has 1 N–H and O–H groups in total. The first-order chi connectivity index (χ1) is 13.2. The van der Waals surface area contributed by atoms with Crippen molar-refractivity contribution in [2.24, 2.45) is 0 Å². The molecule has 0 spiro atoms. The lowest BCUT2D eigenvalue weighted by molar-refractivity contribution is 0.222. The number of benzene rings is 1. The zero-order chi connectivity index (χ0) is 18.6. The molecule has 0 bridgehead atoms. The van der Waals surface area contributed by atoms with Gasteiger partial charge in [0.1, 0.15) is 5.82 Å². The molecule has 27 heavy (non-hydrogen) atoms. The number of fused-ring (bicyclic) bond motifs is 1. The molecular weight excluding hydrogens is 356 g/mol. The smallest absolute Gasteiger partial charge is 0.258 e. The molecule has 1 aromatic carbocycles. The van der Waals surface area contributed by atoms with Crippen molar-refractivity contribution in [2.75, 3.05) is 13.1 Å². The number of thioether (sulfide) groups is 1. The molecule has 3 heterocycles. The highest BCUT2D eigenvalue weighted by molar-refractivity contribution is 7.99. The number of hydrogen-bond donors (Lipinski definition) is 1. The number of aromatic nitrogens is 3. The van der Waals surface area contributed by atoms with Gasteiger partial charge >= 0.3 is 0 Å². The topological polar surface area (TPSA) is 61.9 Å². The summed E-state index contributed by atoms with van der Waals surface area (Å²) in [6, 6.07) is 11.8. The lowest BCUT2D eigenvalue weighted by atomic mass is 10.1. The molecule has 1 aliphatic heterocycles. The highest BCUT2D eigenvalue weighted by atomic mass is 32.2. The van der Waals surface area contributed by atoms with Crippen LogP contribution in [0.4, 0.5) is 0 Å². The van der Waals surface area contributed by atoms with Crippen molar-refractivity contribution in [2.45, 2.75) is 37.3 Å². The van der Waals surface area contributed by atoms with Gasteiger partial charge in [-0.15, -0.1) is 0 Å². The SMILES string of the molecule is Cc1cccc2c(=O)[nH]c(CSC3CCN(Cc4ccccn4)CC3)nc12. The van der Waals surface area contributed by atoms with Crippen molar-refractivity contribution >= 4 is 22.7 Å². The Morgan fingerprint density at radius 3 is 2.81 bits per heavy atom. The van der Waals surface area contributed by atoms with Crippen LogP contribution in [0.25, 0.3) is 10.9 Å². The number of H-pyrrole nitrogens is 1. The Labute approximate surface area is 163 Å². The van der Waals surface area contributed by atoms with E-state index in [1.54, 1.807) is 0 Å². The molecule has 0 aliphatic carbocycles. The average Bonchev–Trinajstić information content (AvgIpc) is 2.69. The first-order valence-electron chi connectivity index (χ1n) is 9.41. The van der Waals surface area contributed by atoms with E-state index in [0.717, 1.165) is 60.8 Å². The maximum absolute atomic E-state index is 12.3. The monoisotopic (exact) mass is 380 g/mol. The summed E-state index contributed by atoms with van der Waals surface area (Å²) in [5.41, 5.74) is 2.97. The first kappa shape index (κ1) is 18.2. The largest absolute Gasteiger partial charge is 0.309 e. The van der Waals surface area contributed by atoms with E-state index in [0.29, 0.717) is 10.6 Å². The van der Waals surface area contributed by atoms with Gasteiger partial charge in [-0.3, -0.25) is 14.7 Å². The minimum absolute atomic E-state index is 0.0375. The normalized spacial score (nSPS) is 16.0. The van der Waals surface area contributed by atoms with Crippen LogP contribution in [0.2, 0.25) is 0 Å². The van der Waals surface area contributed by atoms with Crippen LogP contribution in [-0.2, 0) is 12.3 Å². The number of likely N-dealkylation sites (tertiary alicyclic amines) is 1. The second kappa shape index (κ2) is 8.23. The van der Waals surface area contributed by atoms with Gasteiger partial charge in [0.2, 0.25) is 0 Å². The number of pyridine rings is 1. The number of aromatic amines is 1. The molecule has 1 saturated heterocycles. The number of piperidine rings is 1. The van der Waals surface area contributed by atoms with Crippen molar-refractivity contribution in [3.8, 4) is 0 Å². The van der Waals surface area contributed by atoms with Crippen LogP contribution in [0.15, 0.2) is 47.4 Å². The Balaban J connectivity index is 1.33. The van der Waals surface area contributed by atoms with E-state index in [1.165, 1.54) is 0 Å². The quantitative estimate of drug-likeness (QED) is 0.734. The summed E-state index contributed by atoms with van der Waals surface area (Å²) in [5, 5.41) is 1.29. The molecule has 1 fully saturated rings. The molecule has 0 atom stereocenters. The molecule has 2 aromatic heterocycles. The molecule has 0 radical (unpaired) electrons. The first-order valence-corrected chi connectivity index (χ1v) is 10.5. The highest BCUT2D eigenvalue weighted by Crippen LogP contribution is 2.26. The summed E-state index contributed by atoms with van der Waals surface area (Å²) >= 11 is 1.91. The summed E-state index contributed by atoms with van der Waals surface area (Å²) in [6.07, 6.45) is 4.18. The van der Waals surface area contributed by atoms with E-state index in [9.17, 15) is 4.79 Å². The van der Waals surface area contributed by atoms with E-state index in [-0.39, 0.29) is 5.56 Å². The fourth-order valence-electron chi connectivity index (χ4n) is 3.57. The number of nitrogens with zero attached hydrogens (tertiary/aromatic N) is 3. The number of aryl methyl sites for hydroxylation is 1. The van der Waals surface area contributed by atoms with Gasteiger partial charge in [-0.1, -0.05) is 18.2 Å². The van der Waals surface area contributed by atoms with Crippen molar-refractivity contribution in [1.82, 2.24) is 19.9 Å². The summed E-state index contributed by atoms with van der Waals surface area (Å²) in [4.78, 5) is 26.8. The summed E-state index contributed by atoms with van der Waals surface area (Å²) in [6.45, 7) is 5.12. The van der Waals surface area contributed by atoms with E-state index >= 15 is 0 Å². The van der Waals surface area contributed by atoms with Gasteiger partial charge in [-0.25, -0.2) is 4.98 Å². The third-order valence-electron chi connectivity index (χ3n) is 5.09. The van der Waals surface area contributed by atoms with Crippen LogP contribution in [0.5, 0.6) is 0 Å². The maximum Gasteiger partial charge on any atom is 0.258 e. The Kier molecular flexibility index (Phi) is 5.55. The second-order valence-corrected chi connectivity index (χ2v) is 8.38. The summed E-state index contributed by atoms with van der Waals surface area (Å²) in [5.74, 6) is 1.53. The number of para-hydroxylation sites is 1. The number of hydrogen-bond acceptors (Lipinski definition) is 5. The summed E-state index contributed by atoms with van der Waals surface area (Å²) in [7, 11) is 0. The third kappa shape index (κ3) is 4.39. The second-order valence-electron chi connectivity index (χ2n) is 7.09. The van der Waals surface area contributed by atoms with Gasteiger partial charge in [-0.2, -0.15) is 11.8 Å². The predicted octanol–water partition coefficient (Wildman–Crippen LogP) is 3.52. The Hall–Kier alpha value is -2.18. The Morgan fingerprint density at radius 2 is 2.04 bits per heavy atom. The van der Waals surface area contributed by atoms with Crippen LogP contribution in [0.1, 0.15) is 29.9 Å². The van der Waals surface area contributed by atoms with E-state index < -0.39 is 0 Å². The van der Waals surface area contributed by atoms with E-state index in [1.807, 2.05) is 55.2 Å². The fraction of sp³-hybridized carbons (Fsp3) is 0.381. The standard InChI is InChI=1S/C21H24N4OS/c1-15-5-4-7-18-20(15)23-19(24-21(18)26)14-27-17-8-11-25(12-9-17)13-16-6-2-3-10-22-16/h2-7,10,17H,8-9,11-14H2,1H3,(H,23,24,26). The molecule has 0 saturated carbocycles. The molecule has 140 valence electrons. The van der Waals surface area contributed by atoms with Crippen molar-refractivity contribution in [1.29, 1.82) is 0 Å². The highest BCUT2D eigenvalue weighted by Gasteiger charge is 2.20. The van der Waals surface area contributed by atoms with Crippen LogP contribution in [0.3, 0.4) is 0 Å². The zero-order valence-corrected chi connectivity index (χ0v) is 16.3. The number of nitrogens with one attached hydrogen (secondary N) is 1. The zero-order valence-electron chi connectivity index (χ0n) is 15.5. The van der Waals surface area contributed by atoms with Crippen molar-refractivity contribution < 1.29 is 0 Å². The predicted molar refractivity (Wildman–Crippen MR) is 111 cm³/mol. The average molecular weight is 381 g/mol. The minimum Gasteiger partial charge on any atom is -0.309 e.